The van der Waals surface area contributed by atoms with Gasteiger partial charge < -0.3 is 10.6 Å². The van der Waals surface area contributed by atoms with Crippen LogP contribution in [-0.2, 0) is 4.79 Å². The highest BCUT2D eigenvalue weighted by atomic mass is 35.5. The summed E-state index contributed by atoms with van der Waals surface area (Å²) in [7, 11) is 0. The van der Waals surface area contributed by atoms with Gasteiger partial charge in [0.15, 0.2) is 0 Å². The largest absolute Gasteiger partial charge is 0.405 e. The van der Waals surface area contributed by atoms with Crippen LogP contribution >= 0.6 is 12.4 Å². The zero-order chi connectivity index (χ0) is 17.0. The molecule has 4 nitrogen and oxygen atoms in total. The van der Waals surface area contributed by atoms with Crippen molar-refractivity contribution in [2.45, 2.75) is 46.3 Å². The molecule has 23 heavy (non-hydrogen) atoms. The highest BCUT2D eigenvalue weighted by Crippen LogP contribution is 2.27. The van der Waals surface area contributed by atoms with Crippen molar-refractivity contribution in [3.8, 4) is 0 Å². The first-order chi connectivity index (χ1) is 10.0. The lowest BCUT2D eigenvalue weighted by atomic mass is 9.83. The Bertz CT molecular complexity index is 369. The molecule has 8 heteroatoms. The van der Waals surface area contributed by atoms with Gasteiger partial charge in [0.05, 0.1) is 0 Å². The van der Waals surface area contributed by atoms with Crippen LogP contribution in [-0.4, -0.2) is 55.7 Å². The smallest absolute Gasteiger partial charge is 0.354 e. The molecule has 0 spiro atoms. The maximum Gasteiger partial charge on any atom is 0.405 e. The van der Waals surface area contributed by atoms with Crippen molar-refractivity contribution in [3.63, 3.8) is 0 Å². The van der Waals surface area contributed by atoms with E-state index in [0.717, 1.165) is 0 Å². The first-order valence-corrected chi connectivity index (χ1v) is 7.84. The van der Waals surface area contributed by atoms with Crippen LogP contribution in [0.1, 0.15) is 34.1 Å². The molecule has 1 fully saturated rings. The second kappa shape index (κ2) is 9.08. The second-order valence-electron chi connectivity index (χ2n) is 7.04. The average Bonchev–Trinajstić information content (AvgIpc) is 2.36. The van der Waals surface area contributed by atoms with E-state index in [1.807, 2.05) is 13.8 Å². The summed E-state index contributed by atoms with van der Waals surface area (Å²) < 4.78 is 39.7. The first kappa shape index (κ1) is 22.5. The maximum absolute atomic E-state index is 13.2. The molecule has 0 aromatic heterocycles. The molecule has 138 valence electrons. The summed E-state index contributed by atoms with van der Waals surface area (Å²) >= 11 is 0. The van der Waals surface area contributed by atoms with Gasteiger partial charge in [-0.25, -0.2) is 0 Å². The Labute approximate surface area is 143 Å². The average molecular weight is 360 g/mol. The zero-order valence-electron chi connectivity index (χ0n) is 14.3. The van der Waals surface area contributed by atoms with Crippen LogP contribution in [0, 0.1) is 11.3 Å². The van der Waals surface area contributed by atoms with Crippen LogP contribution < -0.4 is 10.6 Å². The summed E-state index contributed by atoms with van der Waals surface area (Å²) in [6, 6.07) is -1.62. The highest BCUT2D eigenvalue weighted by Gasteiger charge is 2.44. The van der Waals surface area contributed by atoms with Crippen LogP contribution in [0.2, 0.25) is 0 Å². The second-order valence-corrected chi connectivity index (χ2v) is 7.04. The number of halogens is 4. The van der Waals surface area contributed by atoms with E-state index in [4.69, 9.17) is 0 Å². The van der Waals surface area contributed by atoms with E-state index in [2.05, 4.69) is 10.6 Å². The van der Waals surface area contributed by atoms with Gasteiger partial charge in [-0.15, -0.1) is 12.4 Å². The van der Waals surface area contributed by atoms with E-state index in [9.17, 15) is 18.0 Å². The van der Waals surface area contributed by atoms with Gasteiger partial charge in [0.1, 0.15) is 6.04 Å². The van der Waals surface area contributed by atoms with Crippen LogP contribution in [0.15, 0.2) is 0 Å². The molecule has 0 bridgehead atoms. The van der Waals surface area contributed by atoms with Crippen LogP contribution in [0.25, 0.3) is 0 Å². The molecule has 1 amide bonds. The molecule has 1 heterocycles. The summed E-state index contributed by atoms with van der Waals surface area (Å²) in [5, 5.41) is 5.55. The van der Waals surface area contributed by atoms with Crippen molar-refractivity contribution in [1.29, 1.82) is 0 Å². The van der Waals surface area contributed by atoms with E-state index in [-0.39, 0.29) is 24.9 Å². The lowest BCUT2D eigenvalue weighted by Crippen LogP contribution is -2.58. The fourth-order valence-corrected chi connectivity index (χ4v) is 2.99. The van der Waals surface area contributed by atoms with Gasteiger partial charge in [0.25, 0.3) is 0 Å². The number of alkyl halides is 3. The third kappa shape index (κ3) is 7.27. The molecule has 0 aromatic carbocycles. The molecule has 1 saturated heterocycles. The van der Waals surface area contributed by atoms with Gasteiger partial charge in [0, 0.05) is 38.1 Å². The predicted octanol–water partition coefficient (Wildman–Crippen LogP) is 2.43. The number of hydrogen-bond acceptors (Lipinski definition) is 3. The molecule has 1 unspecified atom stereocenters. The molecule has 0 radical (unpaired) electrons. The Morgan fingerprint density at radius 3 is 2.17 bits per heavy atom. The molecule has 1 atom stereocenters. The third-order valence-corrected chi connectivity index (χ3v) is 3.96. The quantitative estimate of drug-likeness (QED) is 0.765. The van der Waals surface area contributed by atoms with Crippen molar-refractivity contribution in [1.82, 2.24) is 15.5 Å². The minimum atomic E-state index is -4.34. The SMILES string of the molecule is CC(C)CC(C)(C)C(=O)NCC(N1CCNCC1)C(F)(F)F.Cl. The van der Waals surface area contributed by atoms with E-state index >= 15 is 0 Å². The zero-order valence-corrected chi connectivity index (χ0v) is 15.1. The molecule has 1 rings (SSSR count). The van der Waals surface area contributed by atoms with Crippen LogP contribution in [0.3, 0.4) is 0 Å². The van der Waals surface area contributed by atoms with Crippen molar-refractivity contribution in [2.75, 3.05) is 32.7 Å². The Balaban J connectivity index is 0.00000484. The summed E-state index contributed by atoms with van der Waals surface area (Å²) in [6.07, 6.45) is -3.70. The maximum atomic E-state index is 13.2. The number of carbonyl (C=O) groups is 1. The van der Waals surface area contributed by atoms with E-state index in [0.29, 0.717) is 38.5 Å². The van der Waals surface area contributed by atoms with Crippen molar-refractivity contribution in [3.05, 3.63) is 0 Å². The Morgan fingerprint density at radius 1 is 1.22 bits per heavy atom. The molecular weight excluding hydrogens is 331 g/mol. The van der Waals surface area contributed by atoms with Gasteiger partial charge in [-0.2, -0.15) is 13.2 Å². The van der Waals surface area contributed by atoms with Gasteiger partial charge in [-0.05, 0) is 12.3 Å². The number of hydrogen-bond donors (Lipinski definition) is 2. The number of carbonyl (C=O) groups excluding carboxylic acids is 1. The highest BCUT2D eigenvalue weighted by molar-refractivity contribution is 5.85. The number of nitrogens with one attached hydrogen (secondary N) is 2. The molecule has 1 aliphatic rings. The molecule has 0 aliphatic carbocycles. The minimum absolute atomic E-state index is 0. The van der Waals surface area contributed by atoms with E-state index < -0.39 is 17.6 Å². The predicted molar refractivity (Wildman–Crippen MR) is 87.8 cm³/mol. The van der Waals surface area contributed by atoms with E-state index in [1.54, 1.807) is 13.8 Å². The fraction of sp³-hybridized carbons (Fsp3) is 0.933. The number of nitrogens with zero attached hydrogens (tertiary/aromatic N) is 1. The standard InChI is InChI=1S/C15H28F3N3O.ClH/c1-11(2)9-14(3,4)13(22)20-10-12(15(16,17)18)21-7-5-19-6-8-21;/h11-12,19H,5-10H2,1-4H3,(H,20,22);1H. The van der Waals surface area contributed by atoms with E-state index in [1.165, 1.54) is 4.90 Å². The first-order valence-electron chi connectivity index (χ1n) is 7.84. The Hall–Kier alpha value is -0.530. The van der Waals surface area contributed by atoms with Crippen molar-refractivity contribution in [2.24, 2.45) is 11.3 Å². The van der Waals surface area contributed by atoms with Crippen molar-refractivity contribution >= 4 is 18.3 Å². The topological polar surface area (TPSA) is 44.4 Å². The lowest BCUT2D eigenvalue weighted by molar-refractivity contribution is -0.184. The summed E-state index contributed by atoms with van der Waals surface area (Å²) in [6.45, 7) is 8.92. The Kier molecular flexibility index (Phi) is 8.87. The Morgan fingerprint density at radius 2 is 1.74 bits per heavy atom. The van der Waals surface area contributed by atoms with Crippen LogP contribution in [0.4, 0.5) is 13.2 Å². The van der Waals surface area contributed by atoms with Crippen LogP contribution in [0.5, 0.6) is 0 Å². The monoisotopic (exact) mass is 359 g/mol. The fourth-order valence-electron chi connectivity index (χ4n) is 2.99. The number of amides is 1. The molecular formula is C15H29ClF3N3O. The molecule has 1 aliphatic heterocycles. The molecule has 0 saturated carbocycles. The summed E-state index contributed by atoms with van der Waals surface area (Å²) in [5.41, 5.74) is -0.659. The van der Waals surface area contributed by atoms with Gasteiger partial charge in [0.2, 0.25) is 5.91 Å². The lowest BCUT2D eigenvalue weighted by Gasteiger charge is -2.36. The summed E-state index contributed by atoms with van der Waals surface area (Å²) in [4.78, 5) is 13.6. The van der Waals surface area contributed by atoms with Gasteiger partial charge >= 0.3 is 6.18 Å². The number of piperazine rings is 1. The third-order valence-electron chi connectivity index (χ3n) is 3.96. The normalized spacial score (nSPS) is 18.4. The van der Waals surface area contributed by atoms with Crippen molar-refractivity contribution < 1.29 is 18.0 Å². The molecule has 2 N–H and O–H groups in total. The van der Waals surface area contributed by atoms with Gasteiger partial charge in [-0.1, -0.05) is 27.7 Å². The summed E-state index contributed by atoms with van der Waals surface area (Å²) in [5.74, 6) is -0.00193. The number of rotatable bonds is 6. The molecule has 0 aromatic rings. The minimum Gasteiger partial charge on any atom is -0.354 e. The van der Waals surface area contributed by atoms with Gasteiger partial charge in [-0.3, -0.25) is 9.69 Å².